The number of hydrogen-bond donors (Lipinski definition) is 2. The number of nitro groups is 1. The maximum atomic E-state index is 12.7. The molecule has 0 fully saturated rings. The normalized spacial score (nSPS) is 11.2. The first-order chi connectivity index (χ1) is 16.7. The van der Waals surface area contributed by atoms with Crippen LogP contribution in [0, 0.1) is 10.1 Å². The second-order valence-electron chi connectivity index (χ2n) is 6.84. The first-order valence-electron chi connectivity index (χ1n) is 9.85. The van der Waals surface area contributed by atoms with E-state index in [9.17, 15) is 18.5 Å². The SMILES string of the molecule is COc1ccc(C=NNc2ccc(S(=O)(=O)Nc3ccc(Cl)cc3)cc2[N+](=O)[O-])c(OC)c1OC. The Morgan fingerprint density at radius 1 is 0.971 bits per heavy atom. The van der Waals surface area contributed by atoms with Gasteiger partial charge in [0.15, 0.2) is 11.5 Å². The quantitative estimate of drug-likeness (QED) is 0.226. The molecule has 0 heterocycles. The molecule has 35 heavy (non-hydrogen) atoms. The van der Waals surface area contributed by atoms with Crippen LogP contribution in [-0.4, -0.2) is 40.9 Å². The summed E-state index contributed by atoms with van der Waals surface area (Å²) in [7, 11) is 0.302. The Kier molecular flexibility index (Phi) is 7.99. The van der Waals surface area contributed by atoms with Crippen LogP contribution in [0.25, 0.3) is 0 Å². The maximum Gasteiger partial charge on any atom is 0.295 e. The van der Waals surface area contributed by atoms with Gasteiger partial charge in [-0.15, -0.1) is 0 Å². The van der Waals surface area contributed by atoms with Gasteiger partial charge in [-0.05, 0) is 48.5 Å². The number of nitrogens with zero attached hydrogens (tertiary/aromatic N) is 2. The highest BCUT2D eigenvalue weighted by Gasteiger charge is 2.22. The molecule has 0 radical (unpaired) electrons. The number of rotatable bonds is 10. The number of nitrogens with one attached hydrogen (secondary N) is 2. The molecule has 0 amide bonds. The summed E-state index contributed by atoms with van der Waals surface area (Å²) < 4.78 is 43.7. The number of sulfonamides is 1. The van der Waals surface area contributed by atoms with Gasteiger partial charge < -0.3 is 14.2 Å². The van der Waals surface area contributed by atoms with Crippen molar-refractivity contribution < 1.29 is 27.6 Å². The van der Waals surface area contributed by atoms with Crippen LogP contribution < -0.4 is 24.4 Å². The smallest absolute Gasteiger partial charge is 0.295 e. The molecule has 11 nitrogen and oxygen atoms in total. The molecule has 0 spiro atoms. The monoisotopic (exact) mass is 520 g/mol. The van der Waals surface area contributed by atoms with E-state index in [0.717, 1.165) is 6.07 Å². The molecule has 3 aromatic rings. The third-order valence-corrected chi connectivity index (χ3v) is 6.33. The van der Waals surface area contributed by atoms with Crippen LogP contribution in [0.3, 0.4) is 0 Å². The van der Waals surface area contributed by atoms with Gasteiger partial charge in [0.05, 0.1) is 37.4 Å². The van der Waals surface area contributed by atoms with Gasteiger partial charge >= 0.3 is 0 Å². The Morgan fingerprint density at radius 3 is 2.26 bits per heavy atom. The molecule has 0 saturated heterocycles. The van der Waals surface area contributed by atoms with Crippen molar-refractivity contribution in [3.63, 3.8) is 0 Å². The molecule has 0 atom stereocenters. The molecule has 0 unspecified atom stereocenters. The second kappa shape index (κ2) is 10.9. The molecule has 3 rings (SSSR count). The third-order valence-electron chi connectivity index (χ3n) is 4.70. The van der Waals surface area contributed by atoms with Crippen LogP contribution in [-0.2, 0) is 10.0 Å². The first kappa shape index (κ1) is 25.6. The minimum Gasteiger partial charge on any atom is -0.493 e. The van der Waals surface area contributed by atoms with E-state index < -0.39 is 20.6 Å². The Morgan fingerprint density at radius 2 is 1.66 bits per heavy atom. The van der Waals surface area contributed by atoms with Gasteiger partial charge in [-0.25, -0.2) is 8.42 Å². The van der Waals surface area contributed by atoms with E-state index in [2.05, 4.69) is 15.2 Å². The van der Waals surface area contributed by atoms with E-state index in [1.165, 1.54) is 63.9 Å². The van der Waals surface area contributed by atoms with Crippen molar-refractivity contribution in [2.45, 2.75) is 4.90 Å². The highest BCUT2D eigenvalue weighted by Crippen LogP contribution is 2.39. The average molecular weight is 521 g/mol. The summed E-state index contributed by atoms with van der Waals surface area (Å²) in [6.45, 7) is 0. The van der Waals surface area contributed by atoms with Gasteiger partial charge in [0.25, 0.3) is 15.7 Å². The summed E-state index contributed by atoms with van der Waals surface area (Å²) in [5, 5.41) is 16.1. The van der Waals surface area contributed by atoms with Crippen molar-refractivity contribution in [1.82, 2.24) is 0 Å². The average Bonchev–Trinajstić information content (AvgIpc) is 2.84. The summed E-state index contributed by atoms with van der Waals surface area (Å²) in [5.74, 6) is 1.16. The highest BCUT2D eigenvalue weighted by molar-refractivity contribution is 7.92. The topological polar surface area (TPSA) is 141 Å². The maximum absolute atomic E-state index is 12.7. The summed E-state index contributed by atoms with van der Waals surface area (Å²) in [6, 6.07) is 12.7. The molecule has 0 aliphatic carbocycles. The minimum atomic E-state index is -4.09. The lowest BCUT2D eigenvalue weighted by atomic mass is 10.2. The number of hydrazone groups is 1. The second-order valence-corrected chi connectivity index (χ2v) is 8.96. The van der Waals surface area contributed by atoms with Crippen molar-refractivity contribution in [2.24, 2.45) is 5.10 Å². The zero-order chi connectivity index (χ0) is 25.6. The summed E-state index contributed by atoms with van der Waals surface area (Å²) in [4.78, 5) is 10.6. The van der Waals surface area contributed by atoms with Crippen LogP contribution in [0.5, 0.6) is 17.2 Å². The number of methoxy groups -OCH3 is 3. The Labute approximate surface area is 206 Å². The minimum absolute atomic E-state index is 0.0175. The lowest BCUT2D eigenvalue weighted by Crippen LogP contribution is -2.13. The summed E-state index contributed by atoms with van der Waals surface area (Å²) in [6.07, 6.45) is 1.37. The van der Waals surface area contributed by atoms with Gasteiger partial charge in [0.1, 0.15) is 5.69 Å². The Bertz CT molecular complexity index is 1360. The van der Waals surface area contributed by atoms with Crippen LogP contribution in [0.1, 0.15) is 5.56 Å². The van der Waals surface area contributed by atoms with Crippen molar-refractivity contribution in [1.29, 1.82) is 0 Å². The van der Waals surface area contributed by atoms with Gasteiger partial charge in [0.2, 0.25) is 5.75 Å². The van der Waals surface area contributed by atoms with Crippen LogP contribution in [0.15, 0.2) is 64.6 Å². The fourth-order valence-electron chi connectivity index (χ4n) is 3.05. The lowest BCUT2D eigenvalue weighted by Gasteiger charge is -2.13. The third kappa shape index (κ3) is 5.91. The molecular weight excluding hydrogens is 500 g/mol. The number of benzene rings is 3. The number of halogens is 1. The largest absolute Gasteiger partial charge is 0.493 e. The van der Waals surface area contributed by atoms with Crippen LogP contribution in [0.2, 0.25) is 5.02 Å². The molecule has 3 aromatic carbocycles. The summed E-state index contributed by atoms with van der Waals surface area (Å²) in [5.41, 5.74) is 2.83. The standard InChI is InChI=1S/C22H21ClN4O7S/c1-32-20-11-4-14(21(33-2)22(20)34-3)13-24-25-18-10-9-17(12-19(18)27(28)29)35(30,31)26-16-7-5-15(23)6-8-16/h4-13,25-26H,1-3H3. The van der Waals surface area contributed by atoms with Crippen molar-refractivity contribution in [3.05, 3.63) is 75.3 Å². The van der Waals surface area contributed by atoms with Crippen molar-refractivity contribution in [2.75, 3.05) is 31.5 Å². The highest BCUT2D eigenvalue weighted by atomic mass is 35.5. The van der Waals surface area contributed by atoms with Crippen molar-refractivity contribution >= 4 is 44.9 Å². The molecule has 13 heteroatoms. The molecule has 0 aromatic heterocycles. The fraction of sp³-hybridized carbons (Fsp3) is 0.136. The number of anilines is 2. The van der Waals surface area contributed by atoms with E-state index in [0.29, 0.717) is 27.8 Å². The van der Waals surface area contributed by atoms with Gasteiger partial charge in [-0.1, -0.05) is 11.6 Å². The predicted octanol–water partition coefficient (Wildman–Crippen LogP) is 4.52. The molecule has 0 saturated carbocycles. The fourth-order valence-corrected chi connectivity index (χ4v) is 4.26. The van der Waals surface area contributed by atoms with Gasteiger partial charge in [-0.3, -0.25) is 20.3 Å². The molecule has 2 N–H and O–H groups in total. The first-order valence-corrected chi connectivity index (χ1v) is 11.7. The number of hydrogen-bond acceptors (Lipinski definition) is 9. The predicted molar refractivity (Wildman–Crippen MR) is 133 cm³/mol. The van der Waals surface area contributed by atoms with Crippen LogP contribution >= 0.6 is 11.6 Å². The van der Waals surface area contributed by atoms with E-state index in [1.54, 1.807) is 12.1 Å². The number of ether oxygens (including phenoxy) is 3. The zero-order valence-corrected chi connectivity index (χ0v) is 20.4. The summed E-state index contributed by atoms with van der Waals surface area (Å²) >= 11 is 5.81. The lowest BCUT2D eigenvalue weighted by molar-refractivity contribution is -0.384. The van der Waals surface area contributed by atoms with E-state index in [-0.39, 0.29) is 16.3 Å². The van der Waals surface area contributed by atoms with Gasteiger partial charge in [0, 0.05) is 22.3 Å². The molecule has 184 valence electrons. The van der Waals surface area contributed by atoms with E-state index >= 15 is 0 Å². The van der Waals surface area contributed by atoms with E-state index in [4.69, 9.17) is 25.8 Å². The molecule has 0 aliphatic heterocycles. The molecule has 0 bridgehead atoms. The Hall–Kier alpha value is -4.03. The van der Waals surface area contributed by atoms with Gasteiger partial charge in [-0.2, -0.15) is 5.10 Å². The molecular formula is C22H21ClN4O7S. The Balaban J connectivity index is 1.87. The zero-order valence-electron chi connectivity index (χ0n) is 18.8. The van der Waals surface area contributed by atoms with Crippen LogP contribution in [0.4, 0.5) is 17.1 Å². The van der Waals surface area contributed by atoms with Crippen molar-refractivity contribution in [3.8, 4) is 17.2 Å². The molecule has 0 aliphatic rings. The number of nitro benzene ring substituents is 1. The van der Waals surface area contributed by atoms with E-state index in [1.807, 2.05) is 0 Å².